The Morgan fingerprint density at radius 3 is 2.62 bits per heavy atom. The molecule has 1 heterocycles. The van der Waals surface area contributed by atoms with E-state index < -0.39 is 0 Å². The van der Waals surface area contributed by atoms with Crippen molar-refractivity contribution in [3.8, 4) is 11.1 Å². The molecular formula is C23H25N. The van der Waals surface area contributed by atoms with Gasteiger partial charge in [0.15, 0.2) is 0 Å². The molecule has 1 aliphatic rings. The molecule has 0 spiro atoms. The molecule has 0 radical (unpaired) electrons. The average Bonchev–Trinajstić information content (AvgIpc) is 3.45. The van der Waals surface area contributed by atoms with Gasteiger partial charge in [-0.1, -0.05) is 67.9 Å². The molecular weight excluding hydrogens is 290 g/mol. The maximum Gasteiger partial charge on any atom is 0.0453 e. The van der Waals surface area contributed by atoms with Crippen LogP contribution in [0.3, 0.4) is 0 Å². The molecule has 0 aliphatic carbocycles. The lowest BCUT2D eigenvalue weighted by Crippen LogP contribution is -1.95. The molecule has 2 atom stereocenters. The van der Waals surface area contributed by atoms with Gasteiger partial charge in [0.25, 0.3) is 0 Å². The van der Waals surface area contributed by atoms with Gasteiger partial charge in [0, 0.05) is 12.6 Å². The summed E-state index contributed by atoms with van der Waals surface area (Å²) >= 11 is 0. The first-order valence-electron chi connectivity index (χ1n) is 9.04. The summed E-state index contributed by atoms with van der Waals surface area (Å²) in [6.07, 6.45) is 1.17. The zero-order valence-corrected chi connectivity index (χ0v) is 14.8. The lowest BCUT2D eigenvalue weighted by molar-refractivity contribution is 0.739. The quantitative estimate of drug-likeness (QED) is 0.588. The molecule has 24 heavy (non-hydrogen) atoms. The zero-order valence-electron chi connectivity index (χ0n) is 14.8. The third-order valence-electron chi connectivity index (χ3n) is 5.33. The van der Waals surface area contributed by atoms with Gasteiger partial charge in [-0.25, -0.2) is 0 Å². The van der Waals surface area contributed by atoms with Crippen LogP contribution in [0.1, 0.15) is 48.9 Å². The van der Waals surface area contributed by atoms with Gasteiger partial charge in [-0.15, -0.1) is 0 Å². The fraction of sp³-hybridized carbons (Fsp3) is 0.304. The van der Waals surface area contributed by atoms with E-state index in [1.165, 1.54) is 45.0 Å². The number of benzene rings is 3. The van der Waals surface area contributed by atoms with Gasteiger partial charge in [0.05, 0.1) is 0 Å². The molecule has 1 saturated heterocycles. The smallest absolute Gasteiger partial charge is 0.0453 e. The Bertz CT molecular complexity index is 890. The van der Waals surface area contributed by atoms with Crippen LogP contribution in [-0.4, -0.2) is 6.54 Å². The molecule has 2 unspecified atom stereocenters. The van der Waals surface area contributed by atoms with Crippen LogP contribution in [-0.2, 0) is 0 Å². The minimum Gasteiger partial charge on any atom is -0.307 e. The maximum absolute atomic E-state index is 3.44. The number of hydrogen-bond donors (Lipinski definition) is 1. The van der Waals surface area contributed by atoms with Gasteiger partial charge < -0.3 is 5.32 Å². The van der Waals surface area contributed by atoms with Crippen LogP contribution in [0.2, 0.25) is 0 Å². The monoisotopic (exact) mass is 315 g/mol. The Balaban J connectivity index is 1.91. The number of rotatable bonds is 4. The average molecular weight is 315 g/mol. The van der Waals surface area contributed by atoms with Crippen LogP contribution in [0.25, 0.3) is 21.9 Å². The normalized spacial score (nSPS) is 17.9. The van der Waals surface area contributed by atoms with E-state index in [4.69, 9.17) is 0 Å². The number of fused-ring (bicyclic) bond motifs is 1. The molecule has 0 amide bonds. The molecule has 0 bridgehead atoms. The Kier molecular flexibility index (Phi) is 3.90. The lowest BCUT2D eigenvalue weighted by atomic mass is 9.88. The summed E-state index contributed by atoms with van der Waals surface area (Å²) in [5.41, 5.74) is 6.96. The van der Waals surface area contributed by atoms with E-state index in [1.54, 1.807) is 0 Å². The van der Waals surface area contributed by atoms with E-state index in [0.29, 0.717) is 12.0 Å². The minimum atomic E-state index is 0.531. The van der Waals surface area contributed by atoms with E-state index >= 15 is 0 Å². The molecule has 4 rings (SSSR count). The van der Waals surface area contributed by atoms with Gasteiger partial charge in [-0.3, -0.25) is 0 Å². The highest BCUT2D eigenvalue weighted by Crippen LogP contribution is 2.36. The van der Waals surface area contributed by atoms with Gasteiger partial charge in [0.1, 0.15) is 0 Å². The van der Waals surface area contributed by atoms with Crippen LogP contribution in [0.5, 0.6) is 0 Å². The van der Waals surface area contributed by atoms with Crippen LogP contribution < -0.4 is 5.32 Å². The first-order chi connectivity index (χ1) is 11.7. The fourth-order valence-electron chi connectivity index (χ4n) is 3.68. The Hall–Kier alpha value is -2.12. The molecule has 1 heteroatoms. The molecule has 3 aromatic carbocycles. The number of aryl methyl sites for hydroxylation is 1. The summed E-state index contributed by atoms with van der Waals surface area (Å²) in [5.74, 6) is 0.586. The van der Waals surface area contributed by atoms with E-state index in [1.807, 2.05) is 0 Å². The highest BCUT2D eigenvalue weighted by atomic mass is 15.1. The van der Waals surface area contributed by atoms with Crippen molar-refractivity contribution >= 4 is 10.8 Å². The van der Waals surface area contributed by atoms with Gasteiger partial charge >= 0.3 is 0 Å². The van der Waals surface area contributed by atoms with Gasteiger partial charge in [-0.2, -0.15) is 0 Å². The summed E-state index contributed by atoms with van der Waals surface area (Å²) in [4.78, 5) is 0. The molecule has 0 saturated carbocycles. The Morgan fingerprint density at radius 1 is 1.08 bits per heavy atom. The zero-order chi connectivity index (χ0) is 16.7. The molecule has 1 nitrogen and oxygen atoms in total. The van der Waals surface area contributed by atoms with Gasteiger partial charge in [-0.05, 0) is 58.4 Å². The summed E-state index contributed by atoms with van der Waals surface area (Å²) in [7, 11) is 0. The molecule has 3 aromatic rings. The van der Waals surface area contributed by atoms with Crippen molar-refractivity contribution in [2.24, 2.45) is 0 Å². The van der Waals surface area contributed by atoms with E-state index in [9.17, 15) is 0 Å². The SMILES string of the molecule is CCC(C)c1cc(C)cc2ccc(-c3ccccc3C3CN3)cc12. The largest absolute Gasteiger partial charge is 0.307 e. The van der Waals surface area contributed by atoms with E-state index in [2.05, 4.69) is 80.7 Å². The lowest BCUT2D eigenvalue weighted by Gasteiger charge is -2.16. The topological polar surface area (TPSA) is 21.9 Å². The number of nitrogens with one attached hydrogen (secondary N) is 1. The third kappa shape index (κ3) is 2.74. The van der Waals surface area contributed by atoms with E-state index in [-0.39, 0.29) is 0 Å². The summed E-state index contributed by atoms with van der Waals surface area (Å²) < 4.78 is 0. The van der Waals surface area contributed by atoms with Crippen LogP contribution in [0, 0.1) is 6.92 Å². The maximum atomic E-state index is 3.44. The standard InChI is InChI=1S/C23H25N/c1-4-16(3)21-12-15(2)11-17-9-10-18(13-22(17)21)19-7-5-6-8-20(19)23-14-24-23/h5-13,16,23-24H,4,14H2,1-3H3. The molecule has 122 valence electrons. The highest BCUT2D eigenvalue weighted by Gasteiger charge is 2.25. The highest BCUT2D eigenvalue weighted by molar-refractivity contribution is 5.91. The second-order valence-electron chi connectivity index (χ2n) is 7.15. The first kappa shape index (κ1) is 15.4. The van der Waals surface area contributed by atoms with Crippen molar-refractivity contribution < 1.29 is 0 Å². The van der Waals surface area contributed by atoms with Crippen molar-refractivity contribution in [3.05, 3.63) is 71.3 Å². The summed E-state index contributed by atoms with van der Waals surface area (Å²) in [6.45, 7) is 7.91. The Labute approximate surface area is 144 Å². The van der Waals surface area contributed by atoms with Crippen LogP contribution >= 0.6 is 0 Å². The predicted octanol–water partition coefficient (Wildman–Crippen LogP) is 5.97. The second kappa shape index (κ2) is 6.07. The van der Waals surface area contributed by atoms with Crippen molar-refractivity contribution in [1.82, 2.24) is 5.32 Å². The van der Waals surface area contributed by atoms with Crippen molar-refractivity contribution in [2.75, 3.05) is 6.54 Å². The fourth-order valence-corrected chi connectivity index (χ4v) is 3.68. The summed E-state index contributed by atoms with van der Waals surface area (Å²) in [6, 6.07) is 21.0. The molecule has 1 N–H and O–H groups in total. The molecule has 1 aliphatic heterocycles. The predicted molar refractivity (Wildman–Crippen MR) is 104 cm³/mol. The van der Waals surface area contributed by atoms with Crippen LogP contribution in [0.4, 0.5) is 0 Å². The van der Waals surface area contributed by atoms with Crippen molar-refractivity contribution in [2.45, 2.75) is 39.2 Å². The second-order valence-corrected chi connectivity index (χ2v) is 7.15. The summed E-state index contributed by atoms with van der Waals surface area (Å²) in [5, 5.41) is 6.21. The third-order valence-corrected chi connectivity index (χ3v) is 5.33. The number of hydrogen-bond acceptors (Lipinski definition) is 1. The minimum absolute atomic E-state index is 0.531. The van der Waals surface area contributed by atoms with Crippen molar-refractivity contribution in [3.63, 3.8) is 0 Å². The first-order valence-corrected chi connectivity index (χ1v) is 9.04. The van der Waals surface area contributed by atoms with Crippen molar-refractivity contribution in [1.29, 1.82) is 0 Å². The molecule has 1 fully saturated rings. The Morgan fingerprint density at radius 2 is 1.88 bits per heavy atom. The van der Waals surface area contributed by atoms with Crippen LogP contribution in [0.15, 0.2) is 54.6 Å². The van der Waals surface area contributed by atoms with Gasteiger partial charge in [0.2, 0.25) is 0 Å². The van der Waals surface area contributed by atoms with E-state index in [0.717, 1.165) is 6.54 Å². The molecule has 0 aromatic heterocycles.